The second-order valence-electron chi connectivity index (χ2n) is 6.57. The van der Waals surface area contributed by atoms with E-state index in [2.05, 4.69) is 15.3 Å². The number of aromatic nitrogens is 2. The molecule has 1 aliphatic rings. The summed E-state index contributed by atoms with van der Waals surface area (Å²) in [6.07, 6.45) is 5.78. The summed E-state index contributed by atoms with van der Waals surface area (Å²) < 4.78 is 28.4. The maximum Gasteiger partial charge on any atom is 0.349 e. The molecular weight excluding hydrogens is 376 g/mol. The average molecular weight is 394 g/mol. The Balaban J connectivity index is 1.77. The van der Waals surface area contributed by atoms with E-state index >= 15 is 0 Å². The van der Waals surface area contributed by atoms with Gasteiger partial charge in [-0.2, -0.15) is 8.78 Å². The Hall–Kier alpha value is -1.79. The van der Waals surface area contributed by atoms with Crippen molar-refractivity contribution in [1.82, 2.24) is 9.97 Å². The lowest BCUT2D eigenvalue weighted by Crippen LogP contribution is -2.21. The molecule has 3 nitrogen and oxygen atoms in total. The summed E-state index contributed by atoms with van der Waals surface area (Å²) in [6, 6.07) is 10.9. The van der Waals surface area contributed by atoms with Crippen molar-refractivity contribution in [3.63, 3.8) is 0 Å². The van der Waals surface area contributed by atoms with Crippen molar-refractivity contribution >= 4 is 38.4 Å². The van der Waals surface area contributed by atoms with Crippen molar-refractivity contribution in [1.29, 1.82) is 0 Å². The van der Waals surface area contributed by atoms with Gasteiger partial charge in [-0.1, -0.05) is 60.9 Å². The lowest BCUT2D eigenvalue weighted by molar-refractivity contribution is 0.0970. The quantitative estimate of drug-likeness (QED) is 0.522. The van der Waals surface area contributed by atoms with E-state index in [0.29, 0.717) is 27.2 Å². The van der Waals surface area contributed by atoms with Gasteiger partial charge in [-0.15, -0.1) is 0 Å². The van der Waals surface area contributed by atoms with Crippen molar-refractivity contribution < 1.29 is 8.78 Å². The minimum Gasteiger partial charge on any atom is -0.359 e. The number of anilines is 1. The van der Waals surface area contributed by atoms with Crippen LogP contribution in [0, 0.1) is 0 Å². The second kappa shape index (κ2) is 7.08. The number of hydrogen-bond acceptors (Lipinski definition) is 4. The van der Waals surface area contributed by atoms with Crippen LogP contribution in [0.4, 0.5) is 13.9 Å². The zero-order chi connectivity index (χ0) is 18.1. The van der Waals surface area contributed by atoms with E-state index in [-0.39, 0.29) is 5.56 Å². The van der Waals surface area contributed by atoms with Gasteiger partial charge in [0, 0.05) is 11.6 Å². The predicted octanol–water partition coefficient (Wildman–Crippen LogP) is 6.39. The third-order valence-electron chi connectivity index (χ3n) is 4.67. The molecule has 0 unspecified atom stereocenters. The van der Waals surface area contributed by atoms with Crippen LogP contribution in [0.5, 0.6) is 0 Å². The third kappa shape index (κ3) is 3.67. The van der Waals surface area contributed by atoms with Crippen LogP contribution in [0.2, 0.25) is 0 Å². The fourth-order valence-corrected chi connectivity index (χ4v) is 4.60. The molecule has 0 atom stereocenters. The van der Waals surface area contributed by atoms with E-state index in [1.54, 1.807) is 0 Å². The molecule has 0 spiro atoms. The van der Waals surface area contributed by atoms with E-state index in [9.17, 15) is 8.78 Å². The first-order valence-corrected chi connectivity index (χ1v) is 9.91. The van der Waals surface area contributed by atoms with E-state index in [4.69, 9.17) is 11.6 Å². The number of rotatable bonds is 4. The molecule has 0 amide bonds. The van der Waals surface area contributed by atoms with Gasteiger partial charge in [0.25, 0.3) is 0 Å². The zero-order valence-electron chi connectivity index (χ0n) is 14.0. The van der Waals surface area contributed by atoms with Crippen molar-refractivity contribution in [3.05, 3.63) is 42.0 Å². The molecule has 136 valence electrons. The normalized spacial score (nSPS) is 16.1. The maximum absolute atomic E-state index is 14.0. The van der Waals surface area contributed by atoms with Crippen molar-refractivity contribution in [2.75, 3.05) is 5.32 Å². The van der Waals surface area contributed by atoms with Crippen molar-refractivity contribution in [3.8, 4) is 11.3 Å². The van der Waals surface area contributed by atoms with E-state index in [0.717, 1.165) is 18.4 Å². The Morgan fingerprint density at radius 1 is 1.08 bits per heavy atom. The van der Waals surface area contributed by atoms with Crippen LogP contribution in [0.25, 0.3) is 21.6 Å². The van der Waals surface area contributed by atoms with Gasteiger partial charge in [-0.05, 0) is 30.5 Å². The maximum atomic E-state index is 14.0. The van der Waals surface area contributed by atoms with Crippen LogP contribution in [0.1, 0.15) is 37.7 Å². The lowest BCUT2D eigenvalue weighted by Gasteiger charge is -2.22. The van der Waals surface area contributed by atoms with Crippen LogP contribution >= 0.6 is 22.9 Å². The van der Waals surface area contributed by atoms with Crippen molar-refractivity contribution in [2.45, 2.75) is 43.5 Å². The first-order valence-electron chi connectivity index (χ1n) is 8.71. The number of alkyl halides is 3. The molecule has 0 aliphatic heterocycles. The van der Waals surface area contributed by atoms with Crippen LogP contribution in [-0.4, -0.2) is 16.0 Å². The molecule has 1 fully saturated rings. The molecular formula is C19H18ClF2N3S. The highest BCUT2D eigenvalue weighted by Crippen LogP contribution is 2.42. The summed E-state index contributed by atoms with van der Waals surface area (Å²) in [5, 5.41) is 0.546. The molecule has 1 aromatic carbocycles. The van der Waals surface area contributed by atoms with Gasteiger partial charge < -0.3 is 5.32 Å². The Morgan fingerprint density at radius 2 is 1.81 bits per heavy atom. The van der Waals surface area contributed by atoms with Gasteiger partial charge in [0.1, 0.15) is 0 Å². The zero-order valence-corrected chi connectivity index (χ0v) is 15.6. The van der Waals surface area contributed by atoms with Gasteiger partial charge in [0.2, 0.25) is 0 Å². The molecule has 7 heteroatoms. The second-order valence-corrected chi connectivity index (χ2v) is 8.04. The molecule has 0 saturated heterocycles. The number of halogens is 3. The van der Waals surface area contributed by atoms with Gasteiger partial charge in [0.05, 0.1) is 16.0 Å². The molecule has 2 heterocycles. The topological polar surface area (TPSA) is 37.8 Å². The highest BCUT2D eigenvalue weighted by molar-refractivity contribution is 7.22. The molecule has 0 bridgehead atoms. The minimum absolute atomic E-state index is 0.239. The standard InChI is InChI=1S/C19H18ClF2N3S/c20-19(21,22)14-11-15(12-7-3-1-4-8-12)24-17-16(14)26-18(25-17)23-13-9-5-2-6-10-13/h1,3-4,7-8,11,13H,2,5-6,9-10H2,(H,23,24,25). The van der Waals surface area contributed by atoms with Gasteiger partial charge in [0.15, 0.2) is 10.8 Å². The number of benzene rings is 1. The number of hydrogen-bond donors (Lipinski definition) is 1. The molecule has 2 aromatic heterocycles. The van der Waals surface area contributed by atoms with E-state index in [1.807, 2.05) is 30.3 Å². The van der Waals surface area contributed by atoms with Gasteiger partial charge >= 0.3 is 5.38 Å². The van der Waals surface area contributed by atoms with Crippen LogP contribution in [0.15, 0.2) is 36.4 Å². The minimum atomic E-state index is -3.47. The Kier molecular flexibility index (Phi) is 4.80. The van der Waals surface area contributed by atoms with Gasteiger partial charge in [-0.3, -0.25) is 0 Å². The summed E-state index contributed by atoms with van der Waals surface area (Å²) in [4.78, 5) is 8.97. The summed E-state index contributed by atoms with van der Waals surface area (Å²) >= 11 is 6.59. The largest absolute Gasteiger partial charge is 0.359 e. The average Bonchev–Trinajstić information content (AvgIpc) is 3.03. The summed E-state index contributed by atoms with van der Waals surface area (Å²) in [6.45, 7) is 0. The number of nitrogens with one attached hydrogen (secondary N) is 1. The molecule has 1 aliphatic carbocycles. The highest BCUT2D eigenvalue weighted by Gasteiger charge is 2.33. The Morgan fingerprint density at radius 3 is 2.50 bits per heavy atom. The van der Waals surface area contributed by atoms with Crippen molar-refractivity contribution in [2.24, 2.45) is 0 Å². The number of pyridine rings is 1. The molecule has 4 rings (SSSR count). The van der Waals surface area contributed by atoms with Crippen LogP contribution in [-0.2, 0) is 5.38 Å². The predicted molar refractivity (Wildman–Crippen MR) is 103 cm³/mol. The molecule has 26 heavy (non-hydrogen) atoms. The fraction of sp³-hybridized carbons (Fsp3) is 0.368. The first kappa shape index (κ1) is 17.6. The molecule has 0 radical (unpaired) electrons. The monoisotopic (exact) mass is 393 g/mol. The number of nitrogens with zero attached hydrogens (tertiary/aromatic N) is 2. The smallest absolute Gasteiger partial charge is 0.349 e. The first-order chi connectivity index (χ1) is 12.5. The third-order valence-corrected chi connectivity index (χ3v) is 5.88. The summed E-state index contributed by atoms with van der Waals surface area (Å²) in [5.41, 5.74) is 1.27. The van der Waals surface area contributed by atoms with Crippen LogP contribution in [0.3, 0.4) is 0 Å². The fourth-order valence-electron chi connectivity index (χ4n) is 3.36. The number of fused-ring (bicyclic) bond motifs is 1. The Bertz CT molecular complexity index is 902. The van der Waals surface area contributed by atoms with Gasteiger partial charge in [-0.25, -0.2) is 9.97 Å². The molecule has 1 N–H and O–H groups in total. The summed E-state index contributed by atoms with van der Waals surface area (Å²) in [7, 11) is 0. The van der Waals surface area contributed by atoms with Crippen LogP contribution < -0.4 is 5.32 Å². The lowest BCUT2D eigenvalue weighted by atomic mass is 9.96. The SMILES string of the molecule is FC(F)(Cl)c1cc(-c2ccccc2)nc2nc(NC3CCCCC3)sc12. The summed E-state index contributed by atoms with van der Waals surface area (Å²) in [5.74, 6) is 0. The number of thiazole rings is 1. The molecule has 3 aromatic rings. The van der Waals surface area contributed by atoms with E-state index in [1.165, 1.54) is 36.7 Å². The van der Waals surface area contributed by atoms with E-state index < -0.39 is 5.38 Å². The molecule has 1 saturated carbocycles. The Labute approximate surface area is 159 Å². The highest BCUT2D eigenvalue weighted by atomic mass is 35.5.